The second-order valence-corrected chi connectivity index (χ2v) is 36.2. The van der Waals surface area contributed by atoms with E-state index in [4.69, 9.17) is 34.4 Å². The van der Waals surface area contributed by atoms with Crippen LogP contribution in [-0.4, -0.2) is 255 Å². The van der Waals surface area contributed by atoms with Crippen LogP contribution in [0.25, 0.3) is 10.9 Å². The summed E-state index contributed by atoms with van der Waals surface area (Å²) in [6.07, 6.45) is -1.43. The highest BCUT2D eigenvalue weighted by molar-refractivity contribution is 6.00. The summed E-state index contributed by atoms with van der Waals surface area (Å²) in [5, 5.41) is 81.1. The quantitative estimate of drug-likeness (QED) is 0.0201. The first-order chi connectivity index (χ1) is 65.6. The number of H-pyrrole nitrogens is 1. The van der Waals surface area contributed by atoms with Gasteiger partial charge in [-0.1, -0.05) is 104 Å². The number of carbonyl (C=O) groups excluding carboxylic acids is 18. The number of benzene rings is 3. The lowest BCUT2D eigenvalue weighted by molar-refractivity contribution is -0.143. The number of amides is 18. The standard InChI is InChI=1S/C94H146N22O23/c1-11-53(8)79(81(100)125)115-78(124)49-103-83(127)64(23-14-17-39-95)106-89(133)72(45-56-25-29-59(119)30-26-56)110-82(126)62(97)21-16-19-41-101-84(128)69(42-50(2)3)111-87(131)67(34-37-76(99)122)107-90(134)73(46-57-27-31-60(120)32-28-57)113-88(132)70(43-51(4)5)105-77(123)38-35-68(94(138)139)109-86(130)66(33-36-75(98)121)108-91(135)74(47-58-48-102-63-22-13-12-20-61(58)63)114-93(137)80(54(9)117)116-92(136)71(44-52(6)7)112-85(129)65(104-55(10)118)24-15-18-40-96/h12-13,20,22,25-32,48,50-54,62,64-74,79-80,102,117,119-120H,11,14-19,21,23-24,33-47,49,95-97H2,1-10H3,(H2,98,121)(H2,99,122)(H2,100,125)(H,101,128)(H,103,127)(H,104,118)(H,105,123)(H,106,133)(H,107,134)(H,108,135)(H,109,130)(H,110,126)(H,111,131)(H,112,129)(H,113,132)(H,114,137)(H,115,124)(H,116,136)(H,138,139)/t53-,54+,62-,64-,65-,66-,67-,68-,69-,70-,71-,72-,73-,74-,79-,80-/m0/s1. The number of aromatic hydroxyl groups is 2. The number of aliphatic hydroxyl groups excluding tert-OH is 1. The third-order valence-electron chi connectivity index (χ3n) is 22.8. The van der Waals surface area contributed by atoms with Gasteiger partial charge in [0.25, 0.3) is 0 Å². The van der Waals surface area contributed by atoms with E-state index >= 15 is 0 Å². The third-order valence-corrected chi connectivity index (χ3v) is 22.8. The fourth-order valence-electron chi connectivity index (χ4n) is 15.0. The lowest BCUT2D eigenvalue weighted by Gasteiger charge is -2.29. The molecule has 3 aromatic carbocycles. The number of phenols is 2. The molecule has 0 aliphatic rings. The zero-order valence-corrected chi connectivity index (χ0v) is 80.9. The molecule has 45 nitrogen and oxygen atoms in total. The first-order valence-corrected chi connectivity index (χ1v) is 47.1. The Morgan fingerprint density at radius 1 is 0.381 bits per heavy atom. The Balaban J connectivity index is 1.52. The van der Waals surface area contributed by atoms with Crippen molar-refractivity contribution in [3.8, 4) is 11.5 Å². The topological polar surface area (TPSA) is 758 Å². The molecule has 45 heteroatoms. The van der Waals surface area contributed by atoms with Gasteiger partial charge in [-0.25, -0.2) is 4.79 Å². The lowest BCUT2D eigenvalue weighted by Crippen LogP contribution is -2.62. The maximum absolute atomic E-state index is 14.8. The third kappa shape index (κ3) is 43.9. The number of phenolic OH excluding ortho intramolecular Hbond substituents is 2. The van der Waals surface area contributed by atoms with Crippen LogP contribution >= 0.6 is 0 Å². The summed E-state index contributed by atoms with van der Waals surface area (Å²) in [5.74, 6) is -18.9. The van der Waals surface area contributed by atoms with Crippen molar-refractivity contribution in [2.45, 2.75) is 301 Å². The highest BCUT2D eigenvalue weighted by atomic mass is 16.4. The first-order valence-electron chi connectivity index (χ1n) is 47.1. The van der Waals surface area contributed by atoms with Crippen molar-refractivity contribution in [2.75, 3.05) is 26.2 Å². The molecule has 139 heavy (non-hydrogen) atoms. The Labute approximate surface area is 808 Å². The molecule has 0 spiro atoms. The van der Waals surface area contributed by atoms with Gasteiger partial charge in [-0.05, 0) is 187 Å². The van der Waals surface area contributed by atoms with E-state index < -0.39 is 248 Å². The number of nitrogens with two attached hydrogens (primary N) is 6. The van der Waals surface area contributed by atoms with E-state index in [0.717, 1.165) is 0 Å². The summed E-state index contributed by atoms with van der Waals surface area (Å²) in [4.78, 5) is 264. The van der Waals surface area contributed by atoms with Crippen molar-refractivity contribution < 1.29 is 112 Å². The van der Waals surface area contributed by atoms with Crippen LogP contribution in [0.2, 0.25) is 0 Å². The number of hydrogen-bond acceptors (Lipinski definition) is 25. The number of aromatic amines is 1. The van der Waals surface area contributed by atoms with E-state index in [1.165, 1.54) is 62.4 Å². The Hall–Kier alpha value is -13.4. The number of unbranched alkanes of at least 4 members (excludes halogenated alkanes) is 3. The van der Waals surface area contributed by atoms with Crippen molar-refractivity contribution in [2.24, 2.45) is 58.1 Å². The molecule has 16 atom stereocenters. The van der Waals surface area contributed by atoms with Crippen molar-refractivity contribution in [3.05, 3.63) is 95.7 Å². The van der Waals surface area contributed by atoms with Gasteiger partial charge in [-0.3, -0.25) is 86.3 Å². The van der Waals surface area contributed by atoms with Gasteiger partial charge in [-0.2, -0.15) is 0 Å². The predicted octanol–water partition coefficient (Wildman–Crippen LogP) is -2.64. The molecule has 0 saturated carbocycles. The van der Waals surface area contributed by atoms with Crippen molar-refractivity contribution in [1.29, 1.82) is 0 Å². The van der Waals surface area contributed by atoms with Crippen molar-refractivity contribution in [3.63, 3.8) is 0 Å². The minimum atomic E-state index is -1.93. The molecule has 18 amide bonds. The van der Waals surface area contributed by atoms with Crippen LogP contribution < -0.4 is 114 Å². The summed E-state index contributed by atoms with van der Waals surface area (Å²) >= 11 is 0. The van der Waals surface area contributed by atoms with Gasteiger partial charge in [0.1, 0.15) is 90.0 Å². The number of para-hydroxylation sites is 1. The van der Waals surface area contributed by atoms with E-state index in [-0.39, 0.29) is 119 Å². The predicted molar refractivity (Wildman–Crippen MR) is 512 cm³/mol. The minimum Gasteiger partial charge on any atom is -0.508 e. The van der Waals surface area contributed by atoms with Crippen molar-refractivity contribution >= 4 is 123 Å². The molecule has 770 valence electrons. The van der Waals surface area contributed by atoms with E-state index in [9.17, 15) is 112 Å². The molecule has 4 aromatic rings. The van der Waals surface area contributed by atoms with Gasteiger partial charge < -0.3 is 140 Å². The zero-order valence-electron chi connectivity index (χ0n) is 80.9. The number of hydrogen-bond donors (Lipinski definition) is 26. The van der Waals surface area contributed by atoms with E-state index in [1.807, 2.05) is 0 Å². The molecule has 0 saturated heterocycles. The fourth-order valence-corrected chi connectivity index (χ4v) is 15.0. The molecule has 0 radical (unpaired) electrons. The number of fused-ring (bicyclic) bond motifs is 1. The minimum absolute atomic E-state index is 0.0164. The molecule has 0 unspecified atom stereocenters. The highest BCUT2D eigenvalue weighted by Crippen LogP contribution is 2.23. The number of aromatic nitrogens is 1. The van der Waals surface area contributed by atoms with E-state index in [1.54, 1.807) is 85.9 Å². The van der Waals surface area contributed by atoms with Crippen LogP contribution in [0, 0.1) is 23.7 Å². The average molecular weight is 1950 g/mol. The van der Waals surface area contributed by atoms with Crippen LogP contribution in [0.15, 0.2) is 79.0 Å². The second-order valence-electron chi connectivity index (χ2n) is 36.2. The van der Waals surface area contributed by atoms with Crippen LogP contribution in [0.5, 0.6) is 11.5 Å². The number of nitrogens with one attached hydrogen (secondary N) is 16. The maximum atomic E-state index is 14.8. The molecule has 0 bridgehead atoms. The normalized spacial score (nSPS) is 14.7. The van der Waals surface area contributed by atoms with Gasteiger partial charge in [0.2, 0.25) is 106 Å². The number of aliphatic hydroxyl groups is 1. The SMILES string of the molecule is CC[C@H](C)[C@H](NC(=O)CNC(=O)[C@H](CCCCN)NC(=O)[C@H](Cc1ccc(O)cc1)NC(=O)[C@@H](N)CCCCNC(=O)[C@H](CC(C)C)NC(=O)[C@H](CCC(N)=O)NC(=O)[C@H](Cc1ccc(O)cc1)NC(=O)[C@H](CC(C)C)NC(=O)CC[C@H](NC(=O)[C@H](CCC(N)=O)NC(=O)[C@H](Cc1c[nH]c2ccccc12)NC(=O)[C@@H](NC(=O)[C@H](CC(C)C)NC(=O)[C@H](CCCCN)NC(C)=O)[C@@H](C)O)C(=O)O)C(N)=O. The van der Waals surface area contributed by atoms with Gasteiger partial charge in [0, 0.05) is 69.1 Å². The number of carbonyl (C=O) groups is 19. The van der Waals surface area contributed by atoms with Gasteiger partial charge in [-0.15, -0.1) is 0 Å². The van der Waals surface area contributed by atoms with E-state index in [0.29, 0.717) is 66.2 Å². The number of rotatable bonds is 66. The van der Waals surface area contributed by atoms with Crippen LogP contribution in [0.3, 0.4) is 0 Å². The molecule has 1 aromatic heterocycles. The number of carboxylic acids is 1. The molecule has 1 heterocycles. The summed E-state index contributed by atoms with van der Waals surface area (Å²) < 4.78 is 0. The summed E-state index contributed by atoms with van der Waals surface area (Å²) in [6, 6.07) is -2.33. The van der Waals surface area contributed by atoms with Crippen LogP contribution in [-0.2, 0) is 110 Å². The van der Waals surface area contributed by atoms with Gasteiger partial charge in [0.05, 0.1) is 18.7 Å². The Morgan fingerprint density at radius 3 is 1.22 bits per heavy atom. The highest BCUT2D eigenvalue weighted by Gasteiger charge is 2.39. The molecule has 0 fully saturated rings. The fraction of sp³-hybridized carbons (Fsp3) is 0.585. The summed E-state index contributed by atoms with van der Waals surface area (Å²) in [5.41, 5.74) is 36.3. The molecule has 0 aliphatic carbocycles. The number of carboxylic acid groups (broad SMARTS) is 1. The Bertz CT molecular complexity index is 4760. The second kappa shape index (κ2) is 61.0. The number of primary amides is 3. The largest absolute Gasteiger partial charge is 0.508 e. The van der Waals surface area contributed by atoms with Crippen LogP contribution in [0.4, 0.5) is 0 Å². The molecular formula is C94H146N22O23. The van der Waals surface area contributed by atoms with Crippen LogP contribution in [0.1, 0.15) is 208 Å². The summed E-state index contributed by atoms with van der Waals surface area (Å²) in [7, 11) is 0. The first kappa shape index (κ1) is 118. The summed E-state index contributed by atoms with van der Waals surface area (Å²) in [6.45, 7) is 16.3. The Morgan fingerprint density at radius 2 is 0.770 bits per heavy atom. The van der Waals surface area contributed by atoms with Crippen molar-refractivity contribution in [1.82, 2.24) is 84.7 Å². The average Bonchev–Trinajstić information content (AvgIpc) is 1.68. The van der Waals surface area contributed by atoms with Gasteiger partial charge in [0.15, 0.2) is 0 Å². The lowest BCUT2D eigenvalue weighted by atomic mass is 9.98. The molecule has 32 N–H and O–H groups in total. The Kier molecular flexibility index (Phi) is 51.7. The van der Waals surface area contributed by atoms with Gasteiger partial charge >= 0.3 is 5.97 Å². The smallest absolute Gasteiger partial charge is 0.326 e. The number of aliphatic carboxylic acids is 1. The molecule has 0 aliphatic heterocycles. The maximum Gasteiger partial charge on any atom is 0.326 e. The monoisotopic (exact) mass is 1950 g/mol. The molecule has 4 rings (SSSR count). The molecular weight excluding hydrogens is 1810 g/mol. The van der Waals surface area contributed by atoms with E-state index in [2.05, 4.69) is 84.7 Å². The zero-order chi connectivity index (χ0) is 104.